The second kappa shape index (κ2) is 10.1. The summed E-state index contributed by atoms with van der Waals surface area (Å²) in [6.07, 6.45) is 0. The van der Waals surface area contributed by atoms with Crippen LogP contribution in [-0.4, -0.2) is 23.1 Å². The van der Waals surface area contributed by atoms with Gasteiger partial charge in [-0.1, -0.05) is 0 Å². The second-order valence-electron chi connectivity index (χ2n) is 1.34. The third-order valence-corrected chi connectivity index (χ3v) is 0. The molecule has 0 fully saturated rings. The SMILES string of the molecule is O=P([O-])([O-])[O-].O=P([O-])([O-])[O-].O=P([O-])([O-])[O-].[Mg+2]. The van der Waals surface area contributed by atoms with Gasteiger partial charge in [0.05, 0.1) is 0 Å². The van der Waals surface area contributed by atoms with Gasteiger partial charge in [-0.05, 0) is 0 Å². The van der Waals surface area contributed by atoms with E-state index in [0.29, 0.717) is 0 Å². The summed E-state index contributed by atoms with van der Waals surface area (Å²) in [5, 5.41) is 0. The maximum absolute atomic E-state index is 8.55. The minimum atomic E-state index is -5.39. The van der Waals surface area contributed by atoms with E-state index in [4.69, 9.17) is 57.7 Å². The summed E-state index contributed by atoms with van der Waals surface area (Å²) >= 11 is 0. The Morgan fingerprint density at radius 2 is 0.438 bits per heavy atom. The van der Waals surface area contributed by atoms with E-state index in [9.17, 15) is 0 Å². The van der Waals surface area contributed by atoms with Gasteiger partial charge in [0.15, 0.2) is 0 Å². The van der Waals surface area contributed by atoms with Crippen molar-refractivity contribution in [3.63, 3.8) is 0 Å². The first-order valence-corrected chi connectivity index (χ1v) is 6.57. The molecule has 0 rings (SSSR count). The molecule has 16 heteroatoms. The van der Waals surface area contributed by atoms with Crippen molar-refractivity contribution >= 4 is 46.5 Å². The van der Waals surface area contributed by atoms with Crippen LogP contribution in [-0.2, 0) is 13.7 Å². The molecule has 0 aliphatic rings. The molecule has 0 saturated heterocycles. The van der Waals surface area contributed by atoms with Gasteiger partial charge in [0, 0.05) is 0 Å². The second-order valence-corrected chi connectivity index (χ2v) is 4.02. The zero-order valence-corrected chi connectivity index (χ0v) is 11.0. The van der Waals surface area contributed by atoms with Crippen LogP contribution in [0.5, 0.6) is 0 Å². The average Bonchev–Trinajstić information content (AvgIpc) is 1.41. The van der Waals surface area contributed by atoms with Crippen LogP contribution >= 0.6 is 23.5 Å². The van der Waals surface area contributed by atoms with Gasteiger partial charge in [-0.2, -0.15) is 23.5 Å². The van der Waals surface area contributed by atoms with Crippen molar-refractivity contribution in [3.05, 3.63) is 0 Å². The van der Waals surface area contributed by atoms with Crippen LogP contribution in [0.1, 0.15) is 0 Å². The zero-order chi connectivity index (χ0) is 13.5. The molecule has 96 valence electrons. The quantitative estimate of drug-likeness (QED) is 0.298. The summed E-state index contributed by atoms with van der Waals surface area (Å²) in [6, 6.07) is 0. The van der Waals surface area contributed by atoms with E-state index in [1.54, 1.807) is 0 Å². The normalized spacial score (nSPS) is 11.1. The van der Waals surface area contributed by atoms with E-state index >= 15 is 0 Å². The summed E-state index contributed by atoms with van der Waals surface area (Å²) in [7, 11) is -16.2. The Kier molecular flexibility index (Phi) is 16.2. The van der Waals surface area contributed by atoms with Crippen molar-refractivity contribution < 1.29 is 57.7 Å². The Morgan fingerprint density at radius 1 is 0.438 bits per heavy atom. The summed E-state index contributed by atoms with van der Waals surface area (Å²) in [5.74, 6) is 0. The van der Waals surface area contributed by atoms with Crippen LogP contribution in [0.25, 0.3) is 0 Å². The van der Waals surface area contributed by atoms with Crippen LogP contribution in [0.2, 0.25) is 0 Å². The fraction of sp³-hybridized carbons (Fsp3) is 0. The molecule has 16 heavy (non-hydrogen) atoms. The third-order valence-electron chi connectivity index (χ3n) is 0. The Morgan fingerprint density at radius 3 is 0.438 bits per heavy atom. The molecule has 0 unspecified atom stereocenters. The first kappa shape index (κ1) is 25.8. The van der Waals surface area contributed by atoms with Crippen LogP contribution in [0.4, 0.5) is 0 Å². The summed E-state index contributed by atoms with van der Waals surface area (Å²) in [5.41, 5.74) is 0. The zero-order valence-electron chi connectivity index (χ0n) is 6.95. The van der Waals surface area contributed by atoms with Crippen molar-refractivity contribution in [2.24, 2.45) is 0 Å². The molecule has 0 aromatic carbocycles. The fourth-order valence-electron chi connectivity index (χ4n) is 0. The molecular formula is MgO12P3-7. The molecule has 0 aliphatic heterocycles. The van der Waals surface area contributed by atoms with E-state index in [1.807, 2.05) is 0 Å². The molecule has 0 bridgehead atoms. The van der Waals surface area contributed by atoms with Crippen molar-refractivity contribution in [3.8, 4) is 0 Å². The molecule has 0 saturated carbocycles. The topological polar surface area (TPSA) is 259 Å². The Hall–Kier alpha value is 1.10. The Labute approximate surface area is 104 Å². The smallest absolute Gasteiger partial charge is 0.822 e. The van der Waals surface area contributed by atoms with Gasteiger partial charge in [0.2, 0.25) is 0 Å². The maximum Gasteiger partial charge on any atom is 2.00 e. The van der Waals surface area contributed by atoms with Crippen molar-refractivity contribution in [1.29, 1.82) is 0 Å². The van der Waals surface area contributed by atoms with Crippen LogP contribution < -0.4 is 44.0 Å². The number of phosphoric acid groups is 3. The van der Waals surface area contributed by atoms with Crippen molar-refractivity contribution in [1.82, 2.24) is 0 Å². The number of hydrogen-bond acceptors (Lipinski definition) is 12. The first-order chi connectivity index (χ1) is 6.00. The van der Waals surface area contributed by atoms with Gasteiger partial charge in [0.25, 0.3) is 0 Å². The minimum absolute atomic E-state index is 0. The molecule has 0 aromatic heterocycles. The molecule has 0 atom stereocenters. The fourth-order valence-corrected chi connectivity index (χ4v) is 0. The van der Waals surface area contributed by atoms with E-state index in [0.717, 1.165) is 0 Å². The summed E-state index contributed by atoms with van der Waals surface area (Å²) < 4.78 is 25.6. The Bertz CT molecular complexity index is 202. The van der Waals surface area contributed by atoms with Gasteiger partial charge in [-0.25, -0.2) is 0 Å². The van der Waals surface area contributed by atoms with Gasteiger partial charge >= 0.3 is 23.1 Å². The van der Waals surface area contributed by atoms with E-state index < -0.39 is 23.5 Å². The van der Waals surface area contributed by atoms with Crippen LogP contribution in [0.3, 0.4) is 0 Å². The molecule has 0 aromatic rings. The van der Waals surface area contributed by atoms with E-state index in [2.05, 4.69) is 0 Å². The molecule has 0 N–H and O–H groups in total. The standard InChI is InChI=1S/Mg.3H3O4P/c;3*1-5(2,3)4/h;3*(H3,1,2,3,4)/q+2;;;/p-9. The van der Waals surface area contributed by atoms with Crippen molar-refractivity contribution in [2.45, 2.75) is 0 Å². The molecule has 0 radical (unpaired) electrons. The van der Waals surface area contributed by atoms with Gasteiger partial charge in [-0.3, -0.25) is 0 Å². The van der Waals surface area contributed by atoms with E-state index in [1.165, 1.54) is 0 Å². The summed E-state index contributed by atoms with van der Waals surface area (Å²) in [4.78, 5) is 76.9. The molecule has 0 heterocycles. The average molecular weight is 309 g/mol. The maximum atomic E-state index is 8.55. The van der Waals surface area contributed by atoms with Gasteiger partial charge in [-0.15, -0.1) is 0 Å². The molecule has 0 amide bonds. The number of hydrogen-bond donors (Lipinski definition) is 0. The van der Waals surface area contributed by atoms with Crippen LogP contribution in [0, 0.1) is 0 Å². The molecule has 0 aliphatic carbocycles. The number of rotatable bonds is 0. The monoisotopic (exact) mass is 309 g/mol. The van der Waals surface area contributed by atoms with Gasteiger partial charge < -0.3 is 57.7 Å². The predicted octanol–water partition coefficient (Wildman–Crippen LogP) is -8.85. The first-order valence-electron chi connectivity index (χ1n) is 2.19. The van der Waals surface area contributed by atoms with E-state index in [-0.39, 0.29) is 23.1 Å². The third kappa shape index (κ3) is 2500. The van der Waals surface area contributed by atoms with Crippen molar-refractivity contribution in [2.75, 3.05) is 0 Å². The molecule has 12 nitrogen and oxygen atoms in total. The largest absolute Gasteiger partial charge is 2.00 e. The van der Waals surface area contributed by atoms with Gasteiger partial charge in [0.1, 0.15) is 0 Å². The Balaban J connectivity index is -0.0000000655. The molecular weight excluding hydrogens is 309 g/mol. The molecule has 0 spiro atoms. The predicted molar refractivity (Wildman–Crippen MR) is 28.6 cm³/mol. The minimum Gasteiger partial charge on any atom is -0.822 e. The summed E-state index contributed by atoms with van der Waals surface area (Å²) in [6.45, 7) is 0. The van der Waals surface area contributed by atoms with Crippen LogP contribution in [0.15, 0.2) is 0 Å².